The fourth-order valence-corrected chi connectivity index (χ4v) is 4.21. The van der Waals surface area contributed by atoms with Crippen molar-refractivity contribution in [1.29, 1.82) is 0 Å². The first-order valence-corrected chi connectivity index (χ1v) is 9.64. The Balaban J connectivity index is 1.61. The summed E-state index contributed by atoms with van der Waals surface area (Å²) < 4.78 is 23.8. The molecular weight excluding hydrogens is 387 g/mol. The van der Waals surface area contributed by atoms with Crippen molar-refractivity contribution in [2.24, 2.45) is 0 Å². The summed E-state index contributed by atoms with van der Waals surface area (Å²) in [5.41, 5.74) is 3.11. The smallest absolute Gasteiger partial charge is 0.219 e. The Bertz CT molecular complexity index is 1140. The van der Waals surface area contributed by atoms with Gasteiger partial charge < -0.3 is 15.4 Å². The molecule has 0 saturated heterocycles. The van der Waals surface area contributed by atoms with Crippen molar-refractivity contribution in [2.75, 3.05) is 17.7 Å². The molecule has 7 nitrogen and oxygen atoms in total. The molecule has 30 heavy (non-hydrogen) atoms. The Morgan fingerprint density at radius 1 is 1.07 bits per heavy atom. The van der Waals surface area contributed by atoms with Crippen LogP contribution in [0.2, 0.25) is 0 Å². The van der Waals surface area contributed by atoms with Gasteiger partial charge in [0, 0.05) is 23.3 Å². The lowest BCUT2D eigenvalue weighted by Crippen LogP contribution is -2.27. The summed E-state index contributed by atoms with van der Waals surface area (Å²) in [4.78, 5) is 13.4. The number of carbonyl (C=O) groups excluding carboxylic acids is 1. The van der Waals surface area contributed by atoms with Gasteiger partial charge in [0.05, 0.1) is 13.2 Å². The van der Waals surface area contributed by atoms with Crippen LogP contribution in [-0.4, -0.2) is 23.2 Å². The second-order valence-corrected chi connectivity index (χ2v) is 7.38. The van der Waals surface area contributed by atoms with E-state index in [0.29, 0.717) is 35.8 Å². The van der Waals surface area contributed by atoms with Crippen molar-refractivity contribution in [3.63, 3.8) is 0 Å². The van der Waals surface area contributed by atoms with Crippen LogP contribution in [0.5, 0.6) is 5.75 Å². The van der Waals surface area contributed by atoms with Gasteiger partial charge in [0.15, 0.2) is 5.78 Å². The first-order valence-electron chi connectivity index (χ1n) is 9.64. The molecule has 0 bridgehead atoms. The highest BCUT2D eigenvalue weighted by atomic mass is 19.1. The number of hydrogen-bond acceptors (Lipinski definition) is 7. The number of rotatable bonds is 3. The van der Waals surface area contributed by atoms with E-state index in [9.17, 15) is 9.18 Å². The number of methoxy groups -OCH3 is 1. The number of Topliss-reactive ketones (excluding diaryl/α,β-unsaturated/α-hetero) is 1. The van der Waals surface area contributed by atoms with Crippen molar-refractivity contribution >= 4 is 17.4 Å². The minimum atomic E-state index is -0.474. The van der Waals surface area contributed by atoms with Crippen LogP contribution in [0.25, 0.3) is 0 Å². The molecule has 8 heteroatoms. The zero-order chi connectivity index (χ0) is 20.7. The Morgan fingerprint density at radius 2 is 1.83 bits per heavy atom. The van der Waals surface area contributed by atoms with E-state index in [1.807, 2.05) is 24.3 Å². The van der Waals surface area contributed by atoms with Gasteiger partial charge in [-0.25, -0.2) is 9.02 Å². The molecule has 152 valence electrons. The van der Waals surface area contributed by atoms with Crippen LogP contribution in [0.15, 0.2) is 64.4 Å². The van der Waals surface area contributed by atoms with Gasteiger partial charge in [-0.2, -0.15) is 0 Å². The number of fused-ring (bicyclic) bond motifs is 1. The normalized spacial score (nSPS) is 20.5. The van der Waals surface area contributed by atoms with E-state index in [-0.39, 0.29) is 17.5 Å². The van der Waals surface area contributed by atoms with Crippen LogP contribution in [0.1, 0.15) is 35.9 Å². The van der Waals surface area contributed by atoms with Crippen molar-refractivity contribution < 1.29 is 18.6 Å². The summed E-state index contributed by atoms with van der Waals surface area (Å²) in [6, 6.07) is 13.4. The lowest BCUT2D eigenvalue weighted by atomic mass is 9.78. The minimum Gasteiger partial charge on any atom is -0.496 e. The zero-order valence-corrected chi connectivity index (χ0v) is 16.2. The van der Waals surface area contributed by atoms with Crippen LogP contribution in [0, 0.1) is 5.82 Å². The summed E-state index contributed by atoms with van der Waals surface area (Å²) >= 11 is 0. The van der Waals surface area contributed by atoms with Gasteiger partial charge in [0.2, 0.25) is 11.6 Å². The molecule has 0 fully saturated rings. The Labute approximate surface area is 171 Å². The summed E-state index contributed by atoms with van der Waals surface area (Å²) in [6.45, 7) is 0. The third-order valence-electron chi connectivity index (χ3n) is 5.63. The van der Waals surface area contributed by atoms with Gasteiger partial charge >= 0.3 is 0 Å². The third kappa shape index (κ3) is 3.10. The number of aromatic nitrogens is 2. The summed E-state index contributed by atoms with van der Waals surface area (Å²) in [5, 5.41) is 14.4. The highest BCUT2D eigenvalue weighted by Crippen LogP contribution is 2.44. The van der Waals surface area contributed by atoms with Gasteiger partial charge in [-0.3, -0.25) is 4.79 Å². The number of benzene rings is 2. The average Bonchev–Trinajstić information content (AvgIpc) is 3.13. The fraction of sp³-hybridized carbons (Fsp3) is 0.227. The van der Waals surface area contributed by atoms with Gasteiger partial charge in [0.1, 0.15) is 11.6 Å². The summed E-state index contributed by atoms with van der Waals surface area (Å²) in [7, 11) is 1.60. The number of halogens is 1. The molecule has 1 aliphatic carbocycles. The number of nitrogens with one attached hydrogen (secondary N) is 2. The number of ketones is 1. The number of allylic oxidation sites excluding steroid dienone is 1. The second-order valence-electron chi connectivity index (χ2n) is 7.38. The SMILES string of the molecule is COc1ccccc1[C@@H]1Nc2nonc2NC2=C1C(=O)C[C@@H](c1ccc(F)cc1)C2. The van der Waals surface area contributed by atoms with E-state index in [0.717, 1.165) is 16.8 Å². The molecule has 2 heterocycles. The maximum Gasteiger partial charge on any atom is 0.219 e. The zero-order valence-electron chi connectivity index (χ0n) is 16.2. The molecule has 3 aromatic rings. The predicted octanol–water partition coefficient (Wildman–Crippen LogP) is 4.20. The third-order valence-corrected chi connectivity index (χ3v) is 5.63. The van der Waals surface area contributed by atoms with E-state index in [1.165, 1.54) is 12.1 Å². The van der Waals surface area contributed by atoms with E-state index >= 15 is 0 Å². The van der Waals surface area contributed by atoms with Crippen molar-refractivity contribution in [1.82, 2.24) is 10.3 Å². The number of anilines is 2. The van der Waals surface area contributed by atoms with Crippen molar-refractivity contribution in [2.45, 2.75) is 24.8 Å². The van der Waals surface area contributed by atoms with Gasteiger partial charge in [0.25, 0.3) is 0 Å². The fourth-order valence-electron chi connectivity index (χ4n) is 4.21. The lowest BCUT2D eigenvalue weighted by molar-refractivity contribution is -0.116. The molecule has 5 rings (SSSR count). The molecule has 2 aliphatic rings. The molecule has 0 unspecified atom stereocenters. The number of para-hydroxylation sites is 1. The van der Waals surface area contributed by atoms with Gasteiger partial charge in [-0.05, 0) is 46.4 Å². The first-order chi connectivity index (χ1) is 14.6. The Hall–Kier alpha value is -3.68. The van der Waals surface area contributed by atoms with E-state index in [2.05, 4.69) is 20.9 Å². The minimum absolute atomic E-state index is 0.00331. The molecular formula is C22H19FN4O3. The summed E-state index contributed by atoms with van der Waals surface area (Å²) in [5.74, 6) is 1.15. The summed E-state index contributed by atoms with van der Waals surface area (Å²) in [6.07, 6.45) is 0.904. The highest BCUT2D eigenvalue weighted by molar-refractivity contribution is 6.01. The van der Waals surface area contributed by atoms with E-state index in [4.69, 9.17) is 9.37 Å². The van der Waals surface area contributed by atoms with Gasteiger partial charge in [-0.1, -0.05) is 30.3 Å². The first kappa shape index (κ1) is 18.4. The van der Waals surface area contributed by atoms with Crippen molar-refractivity contribution in [3.8, 4) is 5.75 Å². The maximum absolute atomic E-state index is 13.4. The molecule has 1 aromatic heterocycles. The molecule has 2 N–H and O–H groups in total. The maximum atomic E-state index is 13.4. The molecule has 0 radical (unpaired) electrons. The molecule has 2 aromatic carbocycles. The quantitative estimate of drug-likeness (QED) is 0.674. The highest BCUT2D eigenvalue weighted by Gasteiger charge is 2.38. The second kappa shape index (κ2) is 7.29. The molecule has 0 spiro atoms. The molecule has 1 aliphatic heterocycles. The average molecular weight is 406 g/mol. The topological polar surface area (TPSA) is 89.3 Å². The van der Waals surface area contributed by atoms with E-state index in [1.54, 1.807) is 19.2 Å². The molecule has 2 atom stereocenters. The van der Waals surface area contributed by atoms with Crippen LogP contribution in [0.3, 0.4) is 0 Å². The van der Waals surface area contributed by atoms with E-state index < -0.39 is 6.04 Å². The van der Waals surface area contributed by atoms with Crippen molar-refractivity contribution in [3.05, 3.63) is 76.7 Å². The Morgan fingerprint density at radius 3 is 2.63 bits per heavy atom. The largest absolute Gasteiger partial charge is 0.496 e. The molecule has 0 amide bonds. The van der Waals surface area contributed by atoms with Crippen LogP contribution in [0.4, 0.5) is 16.0 Å². The lowest BCUT2D eigenvalue weighted by Gasteiger charge is -2.30. The van der Waals surface area contributed by atoms with Gasteiger partial charge in [-0.15, -0.1) is 0 Å². The monoisotopic (exact) mass is 406 g/mol. The Kier molecular flexibility index (Phi) is 4.46. The van der Waals surface area contributed by atoms with Crippen LogP contribution >= 0.6 is 0 Å². The number of nitrogens with zero attached hydrogens (tertiary/aromatic N) is 2. The number of carbonyl (C=O) groups is 1. The van der Waals surface area contributed by atoms with Crippen LogP contribution < -0.4 is 15.4 Å². The molecule has 0 saturated carbocycles. The van der Waals surface area contributed by atoms with Crippen LogP contribution in [-0.2, 0) is 4.79 Å². The predicted molar refractivity (Wildman–Crippen MR) is 108 cm³/mol. The standard InChI is InChI=1S/C22H19FN4O3/c1-29-18-5-3-2-4-15(18)20-19-16(24-21-22(25-20)27-30-26-21)10-13(11-17(19)28)12-6-8-14(23)9-7-12/h2-9,13,20H,10-11H2,1H3,(H,24,26)(H,25,27)/t13-,20-/m0/s1. The number of hydrogen-bond donors (Lipinski definition) is 2. The number of ether oxygens (including phenoxy) is 1.